The highest BCUT2D eigenvalue weighted by Crippen LogP contribution is 2.30. The molecule has 0 fully saturated rings. The van der Waals surface area contributed by atoms with Crippen molar-refractivity contribution < 1.29 is 26.4 Å². The molecule has 2 aromatic heterocycles. The lowest BCUT2D eigenvalue weighted by molar-refractivity contribution is -0.141. The van der Waals surface area contributed by atoms with Crippen LogP contribution < -0.4 is 15.4 Å². The lowest BCUT2D eigenvalue weighted by Gasteiger charge is -2.10. The van der Waals surface area contributed by atoms with Crippen molar-refractivity contribution in [3.63, 3.8) is 0 Å². The highest BCUT2D eigenvalue weighted by Gasteiger charge is 2.32. The summed E-state index contributed by atoms with van der Waals surface area (Å²) in [5.41, 5.74) is -0.246. The number of hydrogen-bond donors (Lipinski definition) is 3. The molecule has 0 unspecified atom stereocenters. The maximum atomic E-state index is 12.7. The van der Waals surface area contributed by atoms with Crippen LogP contribution in [0, 0.1) is 6.92 Å². The number of anilines is 3. The van der Waals surface area contributed by atoms with E-state index >= 15 is 0 Å². The first-order chi connectivity index (χ1) is 14.5. The van der Waals surface area contributed by atoms with Crippen molar-refractivity contribution in [2.75, 3.05) is 17.7 Å². The number of aryl methyl sites for hydroxylation is 1. The predicted molar refractivity (Wildman–Crippen MR) is 108 cm³/mol. The molecule has 0 atom stereocenters. The lowest BCUT2D eigenvalue weighted by atomic mass is 10.2. The number of carbonyl (C=O) groups is 1. The summed E-state index contributed by atoms with van der Waals surface area (Å²) in [5, 5.41) is 5.63. The van der Waals surface area contributed by atoms with Gasteiger partial charge in [0.05, 0.1) is 28.5 Å². The van der Waals surface area contributed by atoms with Crippen LogP contribution in [-0.2, 0) is 16.2 Å². The van der Waals surface area contributed by atoms with E-state index in [0.29, 0.717) is 17.6 Å². The summed E-state index contributed by atoms with van der Waals surface area (Å²) in [6.07, 6.45) is -3.13. The first-order valence-corrected chi connectivity index (χ1v) is 10.7. The molecule has 14 heteroatoms. The first kappa shape index (κ1) is 22.6. The van der Waals surface area contributed by atoms with Crippen molar-refractivity contribution in [1.29, 1.82) is 0 Å². The molecular weight excluding hydrogens is 457 g/mol. The van der Waals surface area contributed by atoms with E-state index in [1.54, 1.807) is 6.92 Å². The van der Waals surface area contributed by atoms with E-state index in [9.17, 15) is 26.4 Å². The fourth-order valence-corrected chi connectivity index (χ4v) is 3.94. The second-order valence-corrected chi connectivity index (χ2v) is 8.73. The van der Waals surface area contributed by atoms with Crippen LogP contribution in [-0.4, -0.2) is 35.7 Å². The highest BCUT2D eigenvalue weighted by atomic mass is 32.2. The van der Waals surface area contributed by atoms with E-state index in [1.807, 2.05) is 0 Å². The summed E-state index contributed by atoms with van der Waals surface area (Å²) in [4.78, 5) is 19.7. The van der Waals surface area contributed by atoms with Gasteiger partial charge in [0.2, 0.25) is 10.0 Å². The number of halogens is 3. The number of carbonyl (C=O) groups excluding carboxylic acids is 1. The minimum Gasteiger partial charge on any atom is -0.329 e. The molecule has 0 aliphatic rings. The van der Waals surface area contributed by atoms with Crippen molar-refractivity contribution in [3.05, 3.63) is 53.6 Å². The first-order valence-electron chi connectivity index (χ1n) is 8.49. The average Bonchev–Trinajstić information content (AvgIpc) is 3.08. The molecule has 164 valence electrons. The van der Waals surface area contributed by atoms with Gasteiger partial charge in [-0.25, -0.2) is 23.1 Å². The largest absolute Gasteiger partial charge is 0.434 e. The van der Waals surface area contributed by atoms with Crippen LogP contribution in [0.15, 0.2) is 41.6 Å². The van der Waals surface area contributed by atoms with Gasteiger partial charge >= 0.3 is 6.18 Å². The number of nitrogens with zero attached hydrogens (tertiary/aromatic N) is 3. The number of hydrogen-bond acceptors (Lipinski definition) is 8. The number of amides is 1. The van der Waals surface area contributed by atoms with Crippen molar-refractivity contribution in [2.24, 2.45) is 0 Å². The van der Waals surface area contributed by atoms with Gasteiger partial charge in [0.15, 0.2) is 5.69 Å². The Morgan fingerprint density at radius 1 is 1.10 bits per heavy atom. The van der Waals surface area contributed by atoms with E-state index in [0.717, 1.165) is 17.7 Å². The number of sulfonamides is 1. The number of nitrogens with one attached hydrogen (secondary N) is 3. The van der Waals surface area contributed by atoms with Crippen molar-refractivity contribution >= 4 is 44.0 Å². The van der Waals surface area contributed by atoms with Crippen LogP contribution in [0.1, 0.15) is 21.7 Å². The highest BCUT2D eigenvalue weighted by molar-refractivity contribution is 7.89. The summed E-state index contributed by atoms with van der Waals surface area (Å²) >= 11 is 0.929. The number of aromatic nitrogens is 3. The third-order valence-corrected chi connectivity index (χ3v) is 6.25. The standard InChI is InChI=1S/C17H15F3N6O3S2/c1-9-14(15(27)24-10-3-5-11(6-4-10)31(28,29)21-2)16(30-26-9)25-13-8-22-12(7-23-13)17(18,19)20/h3-8,21H,1-2H3,(H,23,25)(H,24,27). The molecule has 3 rings (SSSR count). The van der Waals surface area contributed by atoms with Gasteiger partial charge in [0.25, 0.3) is 5.91 Å². The van der Waals surface area contributed by atoms with Crippen molar-refractivity contribution in [1.82, 2.24) is 19.1 Å². The minimum atomic E-state index is -4.61. The molecule has 3 N–H and O–H groups in total. The lowest BCUT2D eigenvalue weighted by Crippen LogP contribution is -2.18. The number of benzene rings is 1. The third kappa shape index (κ3) is 5.15. The van der Waals surface area contributed by atoms with Gasteiger partial charge in [-0.3, -0.25) is 4.79 Å². The maximum absolute atomic E-state index is 12.7. The SMILES string of the molecule is CNS(=O)(=O)c1ccc(NC(=O)c2c(C)nsc2Nc2cnc(C(F)(F)F)cn2)cc1. The van der Waals surface area contributed by atoms with Gasteiger partial charge in [0.1, 0.15) is 10.8 Å². The smallest absolute Gasteiger partial charge is 0.329 e. The van der Waals surface area contributed by atoms with Crippen molar-refractivity contribution in [2.45, 2.75) is 18.0 Å². The number of alkyl halides is 3. The van der Waals surface area contributed by atoms with Crippen LogP contribution in [0.2, 0.25) is 0 Å². The molecule has 0 saturated carbocycles. The molecular formula is C17H15F3N6O3S2. The van der Waals surface area contributed by atoms with Crippen molar-refractivity contribution in [3.8, 4) is 0 Å². The fourth-order valence-electron chi connectivity index (χ4n) is 2.41. The molecule has 0 bridgehead atoms. The van der Waals surface area contributed by atoms with Crippen LogP contribution in [0.25, 0.3) is 0 Å². The molecule has 0 saturated heterocycles. The van der Waals surface area contributed by atoms with Gasteiger partial charge in [0, 0.05) is 5.69 Å². The average molecular weight is 472 g/mol. The summed E-state index contributed by atoms with van der Waals surface area (Å²) in [6.45, 7) is 1.59. The van der Waals surface area contributed by atoms with E-state index < -0.39 is 27.8 Å². The second kappa shape index (κ2) is 8.56. The summed E-state index contributed by atoms with van der Waals surface area (Å²) < 4.78 is 67.7. The quantitative estimate of drug-likeness (QED) is 0.503. The van der Waals surface area contributed by atoms with Gasteiger partial charge in [-0.15, -0.1) is 0 Å². The van der Waals surface area contributed by atoms with E-state index in [1.165, 1.54) is 31.3 Å². The van der Waals surface area contributed by atoms with E-state index in [2.05, 4.69) is 29.7 Å². The van der Waals surface area contributed by atoms with Crippen LogP contribution in [0.4, 0.5) is 29.7 Å². The summed E-state index contributed by atoms with van der Waals surface area (Å²) in [7, 11) is -2.33. The molecule has 0 spiro atoms. The molecule has 9 nitrogen and oxygen atoms in total. The Balaban J connectivity index is 1.78. The Kier molecular flexibility index (Phi) is 6.24. The van der Waals surface area contributed by atoms with E-state index in [-0.39, 0.29) is 21.3 Å². The molecule has 0 aliphatic heterocycles. The Morgan fingerprint density at radius 3 is 2.32 bits per heavy atom. The zero-order chi connectivity index (χ0) is 22.8. The maximum Gasteiger partial charge on any atom is 0.434 e. The Morgan fingerprint density at radius 2 is 1.77 bits per heavy atom. The molecule has 31 heavy (non-hydrogen) atoms. The Labute approximate surface area is 179 Å². The fraction of sp³-hybridized carbons (Fsp3) is 0.176. The van der Waals surface area contributed by atoms with E-state index in [4.69, 9.17) is 0 Å². The minimum absolute atomic E-state index is 0.00678. The molecule has 1 aromatic carbocycles. The summed E-state index contributed by atoms with van der Waals surface area (Å²) in [6, 6.07) is 5.51. The Hall–Kier alpha value is -3.10. The summed E-state index contributed by atoms with van der Waals surface area (Å²) in [5.74, 6) is -0.537. The normalized spacial score (nSPS) is 11.9. The molecule has 0 aliphatic carbocycles. The van der Waals surface area contributed by atoms with Crippen LogP contribution >= 0.6 is 11.5 Å². The topological polar surface area (TPSA) is 126 Å². The van der Waals surface area contributed by atoms with Gasteiger partial charge in [-0.2, -0.15) is 17.5 Å². The number of rotatable bonds is 6. The zero-order valence-corrected chi connectivity index (χ0v) is 17.6. The molecule has 2 heterocycles. The molecule has 3 aromatic rings. The molecule has 1 amide bonds. The zero-order valence-electron chi connectivity index (χ0n) is 16.0. The second-order valence-electron chi connectivity index (χ2n) is 6.07. The monoisotopic (exact) mass is 472 g/mol. The molecule has 0 radical (unpaired) electrons. The Bertz CT molecular complexity index is 1190. The predicted octanol–water partition coefficient (Wildman–Crippen LogP) is 3.16. The third-order valence-electron chi connectivity index (χ3n) is 3.96. The van der Waals surface area contributed by atoms with Gasteiger partial charge in [-0.1, -0.05) is 0 Å². The van der Waals surface area contributed by atoms with Gasteiger partial charge < -0.3 is 10.6 Å². The van der Waals surface area contributed by atoms with Crippen LogP contribution in [0.3, 0.4) is 0 Å². The van der Waals surface area contributed by atoms with Crippen LogP contribution in [0.5, 0.6) is 0 Å². The van der Waals surface area contributed by atoms with Gasteiger partial charge in [-0.05, 0) is 49.8 Å².